The highest BCUT2D eigenvalue weighted by molar-refractivity contribution is 7.99. The van der Waals surface area contributed by atoms with Crippen LogP contribution in [0.25, 0.3) is 0 Å². The Bertz CT molecular complexity index is 544. The van der Waals surface area contributed by atoms with E-state index in [4.69, 9.17) is 4.74 Å². The molecular weight excluding hydrogens is 288 g/mol. The molecule has 2 saturated heterocycles. The monoisotopic (exact) mass is 310 g/mol. The van der Waals surface area contributed by atoms with Crippen molar-refractivity contribution in [2.45, 2.75) is 51.2 Å². The van der Waals surface area contributed by atoms with E-state index in [-0.39, 0.29) is 11.6 Å². The second-order valence-electron chi connectivity index (χ2n) is 6.09. The number of aryl methyl sites for hydroxylation is 1. The summed E-state index contributed by atoms with van der Waals surface area (Å²) in [6.45, 7) is 4.39. The van der Waals surface area contributed by atoms with Gasteiger partial charge in [0.15, 0.2) is 0 Å². The summed E-state index contributed by atoms with van der Waals surface area (Å²) in [5.41, 5.74) is 1.73. The quantitative estimate of drug-likeness (QED) is 0.910. The SMILES string of the molecule is Cc1nn(C2CCOC3(CCSCC3)C2)c(C)c1C(=O)O. The Morgan fingerprint density at radius 1 is 1.43 bits per heavy atom. The number of hydrogen-bond donors (Lipinski definition) is 1. The largest absolute Gasteiger partial charge is 0.478 e. The molecule has 1 spiro atoms. The number of ether oxygens (including phenoxy) is 1. The van der Waals surface area contributed by atoms with Gasteiger partial charge in [-0.2, -0.15) is 16.9 Å². The highest BCUT2D eigenvalue weighted by atomic mass is 32.2. The summed E-state index contributed by atoms with van der Waals surface area (Å²) < 4.78 is 8.05. The molecule has 3 heterocycles. The molecule has 6 heteroatoms. The van der Waals surface area contributed by atoms with Crippen molar-refractivity contribution in [1.82, 2.24) is 9.78 Å². The van der Waals surface area contributed by atoms with Crippen LogP contribution in [0.15, 0.2) is 0 Å². The van der Waals surface area contributed by atoms with Gasteiger partial charge >= 0.3 is 5.97 Å². The second-order valence-corrected chi connectivity index (χ2v) is 7.31. The molecule has 1 unspecified atom stereocenters. The minimum Gasteiger partial charge on any atom is -0.478 e. The van der Waals surface area contributed by atoms with Gasteiger partial charge in [0, 0.05) is 6.61 Å². The zero-order valence-electron chi connectivity index (χ0n) is 12.6. The van der Waals surface area contributed by atoms with Gasteiger partial charge in [0.1, 0.15) is 5.56 Å². The molecule has 2 fully saturated rings. The number of rotatable bonds is 2. The molecule has 0 bridgehead atoms. The molecule has 0 aromatic carbocycles. The van der Waals surface area contributed by atoms with E-state index in [1.807, 2.05) is 23.4 Å². The van der Waals surface area contributed by atoms with Crippen LogP contribution in [0.1, 0.15) is 53.5 Å². The van der Waals surface area contributed by atoms with E-state index >= 15 is 0 Å². The van der Waals surface area contributed by atoms with Crippen LogP contribution in [0.2, 0.25) is 0 Å². The molecule has 5 nitrogen and oxygen atoms in total. The number of aromatic carboxylic acids is 1. The molecule has 1 aromatic heterocycles. The zero-order chi connectivity index (χ0) is 15.0. The molecular formula is C15H22N2O3S. The Labute approximate surface area is 129 Å². The van der Waals surface area contributed by atoms with Crippen LogP contribution >= 0.6 is 11.8 Å². The van der Waals surface area contributed by atoms with Crippen molar-refractivity contribution in [3.05, 3.63) is 17.0 Å². The highest BCUT2D eigenvalue weighted by Gasteiger charge is 2.40. The number of carboxylic acid groups (broad SMARTS) is 1. The summed E-state index contributed by atoms with van der Waals surface area (Å²) in [5, 5.41) is 13.8. The Morgan fingerprint density at radius 2 is 2.14 bits per heavy atom. The second kappa shape index (κ2) is 5.65. The molecule has 1 aromatic rings. The predicted molar refractivity (Wildman–Crippen MR) is 82.2 cm³/mol. The summed E-state index contributed by atoms with van der Waals surface area (Å²) >= 11 is 1.99. The van der Waals surface area contributed by atoms with Gasteiger partial charge in [0.05, 0.1) is 23.0 Å². The van der Waals surface area contributed by atoms with E-state index in [0.29, 0.717) is 11.3 Å². The fourth-order valence-electron chi connectivity index (χ4n) is 3.63. The van der Waals surface area contributed by atoms with Crippen molar-refractivity contribution in [2.24, 2.45) is 0 Å². The Morgan fingerprint density at radius 3 is 2.76 bits per heavy atom. The minimum absolute atomic E-state index is 0.0101. The smallest absolute Gasteiger partial charge is 0.339 e. The molecule has 21 heavy (non-hydrogen) atoms. The van der Waals surface area contributed by atoms with Crippen LogP contribution in [-0.4, -0.2) is 44.6 Å². The molecule has 0 saturated carbocycles. The minimum atomic E-state index is -0.882. The van der Waals surface area contributed by atoms with E-state index in [9.17, 15) is 9.90 Å². The van der Waals surface area contributed by atoms with Gasteiger partial charge in [0.25, 0.3) is 0 Å². The Kier molecular flexibility index (Phi) is 4.01. The number of thioether (sulfide) groups is 1. The number of nitrogens with zero attached hydrogens (tertiary/aromatic N) is 2. The van der Waals surface area contributed by atoms with Crippen LogP contribution < -0.4 is 0 Å². The van der Waals surface area contributed by atoms with Crippen LogP contribution in [0.3, 0.4) is 0 Å². The van der Waals surface area contributed by atoms with Gasteiger partial charge < -0.3 is 9.84 Å². The molecule has 0 aliphatic carbocycles. The third-order valence-corrected chi connectivity index (χ3v) is 5.74. The van der Waals surface area contributed by atoms with Gasteiger partial charge in [-0.3, -0.25) is 4.68 Å². The van der Waals surface area contributed by atoms with Crippen molar-refractivity contribution in [1.29, 1.82) is 0 Å². The molecule has 0 amide bonds. The first-order valence-electron chi connectivity index (χ1n) is 7.53. The standard InChI is InChI=1S/C15H22N2O3S/c1-10-13(14(18)19)11(2)17(16-10)12-3-6-20-15(9-12)4-7-21-8-5-15/h12H,3-9H2,1-2H3,(H,18,19). The van der Waals surface area contributed by atoms with Crippen molar-refractivity contribution in [2.75, 3.05) is 18.1 Å². The maximum atomic E-state index is 11.4. The lowest BCUT2D eigenvalue weighted by Gasteiger charge is -2.43. The molecule has 1 N–H and O–H groups in total. The van der Waals surface area contributed by atoms with Crippen molar-refractivity contribution < 1.29 is 14.6 Å². The van der Waals surface area contributed by atoms with Crippen LogP contribution in [-0.2, 0) is 4.74 Å². The van der Waals surface area contributed by atoms with E-state index < -0.39 is 5.97 Å². The number of hydrogen-bond acceptors (Lipinski definition) is 4. The van der Waals surface area contributed by atoms with Gasteiger partial charge in [0.2, 0.25) is 0 Å². The lowest BCUT2D eigenvalue weighted by atomic mass is 9.85. The number of carbonyl (C=O) groups is 1. The van der Waals surface area contributed by atoms with E-state index in [2.05, 4.69) is 5.10 Å². The molecule has 2 aliphatic rings. The third-order valence-electron chi connectivity index (χ3n) is 4.76. The van der Waals surface area contributed by atoms with Crippen LogP contribution in [0.4, 0.5) is 0 Å². The Balaban J connectivity index is 1.87. The topological polar surface area (TPSA) is 64.4 Å². The summed E-state index contributed by atoms with van der Waals surface area (Å²) in [6, 6.07) is 0.258. The maximum Gasteiger partial charge on any atom is 0.339 e. The summed E-state index contributed by atoms with van der Waals surface area (Å²) in [4.78, 5) is 11.4. The summed E-state index contributed by atoms with van der Waals surface area (Å²) in [7, 11) is 0. The molecule has 1 atom stereocenters. The van der Waals surface area contributed by atoms with Gasteiger partial charge in [-0.1, -0.05) is 0 Å². The number of carboxylic acids is 1. The lowest BCUT2D eigenvalue weighted by Crippen LogP contribution is -2.43. The zero-order valence-corrected chi connectivity index (χ0v) is 13.4. The van der Waals surface area contributed by atoms with Crippen molar-refractivity contribution >= 4 is 17.7 Å². The summed E-state index contributed by atoms with van der Waals surface area (Å²) in [6.07, 6.45) is 4.06. The maximum absolute atomic E-state index is 11.4. The van der Waals surface area contributed by atoms with Crippen LogP contribution in [0.5, 0.6) is 0 Å². The Hall–Kier alpha value is -1.01. The normalized spacial score (nSPS) is 25.1. The van der Waals surface area contributed by atoms with E-state index in [1.165, 1.54) is 0 Å². The average molecular weight is 310 g/mol. The molecule has 2 aliphatic heterocycles. The first-order valence-corrected chi connectivity index (χ1v) is 8.69. The van der Waals surface area contributed by atoms with E-state index in [0.717, 1.165) is 49.5 Å². The van der Waals surface area contributed by atoms with E-state index in [1.54, 1.807) is 6.92 Å². The van der Waals surface area contributed by atoms with Gasteiger partial charge in [-0.15, -0.1) is 0 Å². The van der Waals surface area contributed by atoms with Crippen LogP contribution in [0, 0.1) is 13.8 Å². The molecule has 3 rings (SSSR count). The molecule has 116 valence electrons. The van der Waals surface area contributed by atoms with Gasteiger partial charge in [-0.25, -0.2) is 4.79 Å². The van der Waals surface area contributed by atoms with Crippen molar-refractivity contribution in [3.8, 4) is 0 Å². The molecule has 0 radical (unpaired) electrons. The average Bonchev–Trinajstić information content (AvgIpc) is 2.75. The highest BCUT2D eigenvalue weighted by Crippen LogP contribution is 2.41. The fourth-order valence-corrected chi connectivity index (χ4v) is 4.87. The first kappa shape index (κ1) is 14.9. The first-order chi connectivity index (χ1) is 10.0. The van der Waals surface area contributed by atoms with Crippen molar-refractivity contribution in [3.63, 3.8) is 0 Å². The lowest BCUT2D eigenvalue weighted by molar-refractivity contribution is -0.100. The summed E-state index contributed by atoms with van der Waals surface area (Å²) in [5.74, 6) is 1.43. The third kappa shape index (κ3) is 2.71. The fraction of sp³-hybridized carbons (Fsp3) is 0.733. The van der Waals surface area contributed by atoms with Gasteiger partial charge in [-0.05, 0) is 51.0 Å². The number of aromatic nitrogens is 2. The predicted octanol–water partition coefficient (Wildman–Crippen LogP) is 2.82.